The van der Waals surface area contributed by atoms with Crippen LogP contribution in [0.1, 0.15) is 27.0 Å². The number of nitrogens with one attached hydrogen (secondary N) is 2. The van der Waals surface area contributed by atoms with Crippen LogP contribution in [0.3, 0.4) is 0 Å². The van der Waals surface area contributed by atoms with Crippen LogP contribution in [0, 0.1) is 20.8 Å². The number of thiazole rings is 1. The minimum absolute atomic E-state index is 0.141. The van der Waals surface area contributed by atoms with Gasteiger partial charge < -0.3 is 10.6 Å². The van der Waals surface area contributed by atoms with E-state index in [0.29, 0.717) is 5.56 Å². The minimum atomic E-state index is -0.141. The predicted octanol–water partition coefficient (Wildman–Crippen LogP) is 6.13. The van der Waals surface area contributed by atoms with Crippen molar-refractivity contribution in [1.29, 1.82) is 0 Å². The number of nitrogens with zero attached hydrogens (tertiary/aromatic N) is 2. The number of anilines is 3. The van der Waals surface area contributed by atoms with Crippen LogP contribution in [0.2, 0.25) is 0 Å². The maximum atomic E-state index is 12.8. The van der Waals surface area contributed by atoms with Gasteiger partial charge in [-0.25, -0.2) is 4.98 Å². The normalized spacial score (nSPS) is 10.6. The molecule has 150 valence electrons. The molecule has 0 atom stereocenters. The second-order valence-corrected chi connectivity index (χ2v) is 8.04. The summed E-state index contributed by atoms with van der Waals surface area (Å²) >= 11 is 1.52. The lowest BCUT2D eigenvalue weighted by Crippen LogP contribution is -2.12. The van der Waals surface area contributed by atoms with Gasteiger partial charge in [0.15, 0.2) is 5.13 Å². The van der Waals surface area contributed by atoms with Gasteiger partial charge in [0.25, 0.3) is 5.91 Å². The molecule has 0 radical (unpaired) electrons. The highest BCUT2D eigenvalue weighted by Gasteiger charge is 2.11. The highest BCUT2D eigenvalue weighted by atomic mass is 32.1. The van der Waals surface area contributed by atoms with E-state index in [-0.39, 0.29) is 5.91 Å². The van der Waals surface area contributed by atoms with Gasteiger partial charge in [0.1, 0.15) is 0 Å². The first-order chi connectivity index (χ1) is 14.5. The van der Waals surface area contributed by atoms with Gasteiger partial charge in [-0.15, -0.1) is 11.3 Å². The average Bonchev–Trinajstić information content (AvgIpc) is 3.21. The van der Waals surface area contributed by atoms with E-state index in [0.717, 1.165) is 38.9 Å². The van der Waals surface area contributed by atoms with Crippen LogP contribution in [0.4, 0.5) is 16.5 Å². The van der Waals surface area contributed by atoms with E-state index < -0.39 is 0 Å². The first kappa shape index (κ1) is 19.8. The molecular formula is C24H22N4OS. The third-order valence-electron chi connectivity index (χ3n) is 4.99. The van der Waals surface area contributed by atoms with Crippen LogP contribution in [0.15, 0.2) is 66.3 Å². The summed E-state index contributed by atoms with van der Waals surface area (Å²) in [5, 5.41) is 9.10. The highest BCUT2D eigenvalue weighted by Crippen LogP contribution is 2.28. The minimum Gasteiger partial charge on any atom is -0.331 e. The fourth-order valence-electron chi connectivity index (χ4n) is 3.02. The molecule has 0 unspecified atom stereocenters. The molecule has 0 spiro atoms. The fraction of sp³-hybridized carbons (Fsp3) is 0.125. The first-order valence-electron chi connectivity index (χ1n) is 9.62. The summed E-state index contributed by atoms with van der Waals surface area (Å²) in [5.74, 6) is -0.141. The highest BCUT2D eigenvalue weighted by molar-refractivity contribution is 7.14. The molecule has 0 aliphatic rings. The monoisotopic (exact) mass is 414 g/mol. The van der Waals surface area contributed by atoms with Crippen molar-refractivity contribution in [2.75, 3.05) is 10.6 Å². The molecule has 2 heterocycles. The Morgan fingerprint density at radius 2 is 1.67 bits per heavy atom. The van der Waals surface area contributed by atoms with Crippen LogP contribution in [0.5, 0.6) is 0 Å². The molecule has 0 bridgehead atoms. The Morgan fingerprint density at radius 1 is 0.900 bits per heavy atom. The molecule has 0 saturated carbocycles. The van der Waals surface area contributed by atoms with Crippen molar-refractivity contribution < 1.29 is 4.79 Å². The molecule has 0 saturated heterocycles. The van der Waals surface area contributed by atoms with Crippen LogP contribution < -0.4 is 10.6 Å². The van der Waals surface area contributed by atoms with Gasteiger partial charge in [-0.3, -0.25) is 9.78 Å². The Kier molecular flexibility index (Phi) is 5.59. The lowest BCUT2D eigenvalue weighted by molar-refractivity contribution is 0.102. The average molecular weight is 415 g/mol. The summed E-state index contributed by atoms with van der Waals surface area (Å²) in [6.45, 7) is 6.09. The summed E-state index contributed by atoms with van der Waals surface area (Å²) in [6.07, 6.45) is 3.51. The van der Waals surface area contributed by atoms with Crippen LogP contribution in [-0.4, -0.2) is 15.9 Å². The Balaban J connectivity index is 1.52. The lowest BCUT2D eigenvalue weighted by Gasteiger charge is -2.11. The zero-order valence-corrected chi connectivity index (χ0v) is 17.9. The second kappa shape index (κ2) is 8.47. The maximum Gasteiger partial charge on any atom is 0.255 e. The smallest absolute Gasteiger partial charge is 0.255 e. The molecule has 30 heavy (non-hydrogen) atoms. The molecule has 0 aliphatic heterocycles. The van der Waals surface area contributed by atoms with Crippen molar-refractivity contribution in [2.45, 2.75) is 20.8 Å². The first-order valence-corrected chi connectivity index (χ1v) is 10.5. The van der Waals surface area contributed by atoms with Crippen LogP contribution >= 0.6 is 11.3 Å². The molecule has 2 aromatic heterocycles. The van der Waals surface area contributed by atoms with E-state index in [1.54, 1.807) is 12.4 Å². The van der Waals surface area contributed by atoms with E-state index in [1.807, 2.05) is 67.8 Å². The Labute approximate surface area is 179 Å². The molecule has 5 nitrogen and oxygen atoms in total. The number of rotatable bonds is 5. The number of carbonyl (C=O) groups is 1. The number of aromatic nitrogens is 2. The van der Waals surface area contributed by atoms with Gasteiger partial charge in [0.05, 0.1) is 5.69 Å². The van der Waals surface area contributed by atoms with Crippen molar-refractivity contribution in [2.24, 2.45) is 0 Å². The summed E-state index contributed by atoms with van der Waals surface area (Å²) in [4.78, 5) is 21.5. The van der Waals surface area contributed by atoms with Crippen molar-refractivity contribution in [1.82, 2.24) is 9.97 Å². The zero-order chi connectivity index (χ0) is 21.1. The lowest BCUT2D eigenvalue weighted by atomic mass is 10.1. The van der Waals surface area contributed by atoms with Gasteiger partial charge in [0, 0.05) is 40.3 Å². The van der Waals surface area contributed by atoms with E-state index >= 15 is 0 Å². The van der Waals surface area contributed by atoms with Crippen LogP contribution in [-0.2, 0) is 0 Å². The Hall–Kier alpha value is -3.51. The fourth-order valence-corrected chi connectivity index (χ4v) is 3.75. The van der Waals surface area contributed by atoms with Crippen molar-refractivity contribution in [3.05, 3.63) is 88.6 Å². The molecule has 4 aromatic rings. The number of pyridine rings is 1. The molecule has 1 amide bonds. The predicted molar refractivity (Wildman–Crippen MR) is 124 cm³/mol. The summed E-state index contributed by atoms with van der Waals surface area (Å²) in [5.41, 5.74) is 7.54. The number of benzene rings is 2. The second-order valence-electron chi connectivity index (χ2n) is 7.18. The van der Waals surface area contributed by atoms with Crippen molar-refractivity contribution in [3.63, 3.8) is 0 Å². The van der Waals surface area contributed by atoms with Crippen LogP contribution in [0.25, 0.3) is 11.3 Å². The van der Waals surface area contributed by atoms with Gasteiger partial charge in [0.2, 0.25) is 0 Å². The quantitative estimate of drug-likeness (QED) is 0.412. The zero-order valence-electron chi connectivity index (χ0n) is 17.1. The van der Waals surface area contributed by atoms with Crippen molar-refractivity contribution in [3.8, 4) is 11.3 Å². The van der Waals surface area contributed by atoms with Gasteiger partial charge in [-0.05, 0) is 73.9 Å². The third-order valence-corrected chi connectivity index (χ3v) is 5.74. The van der Waals surface area contributed by atoms with Gasteiger partial charge >= 0.3 is 0 Å². The molecule has 0 fully saturated rings. The number of hydrogen-bond acceptors (Lipinski definition) is 5. The summed E-state index contributed by atoms with van der Waals surface area (Å²) < 4.78 is 0. The molecule has 0 aliphatic carbocycles. The summed E-state index contributed by atoms with van der Waals surface area (Å²) in [6, 6.07) is 15.4. The van der Waals surface area contributed by atoms with E-state index in [2.05, 4.69) is 27.5 Å². The molecule has 2 N–H and O–H groups in total. The Bertz CT molecular complexity index is 1200. The summed E-state index contributed by atoms with van der Waals surface area (Å²) in [7, 11) is 0. The number of aryl methyl sites for hydroxylation is 3. The molecule has 2 aromatic carbocycles. The van der Waals surface area contributed by atoms with E-state index in [1.165, 1.54) is 16.9 Å². The topological polar surface area (TPSA) is 66.9 Å². The van der Waals surface area contributed by atoms with Gasteiger partial charge in [-0.1, -0.05) is 12.1 Å². The molecule has 4 rings (SSSR count). The number of amides is 1. The maximum absolute atomic E-state index is 12.8. The number of hydrogen-bond donors (Lipinski definition) is 2. The van der Waals surface area contributed by atoms with Gasteiger partial charge in [-0.2, -0.15) is 0 Å². The molecular weight excluding hydrogens is 392 g/mol. The van der Waals surface area contributed by atoms with Crippen molar-refractivity contribution >= 4 is 33.8 Å². The Morgan fingerprint density at radius 3 is 2.43 bits per heavy atom. The standard InChI is InChI=1S/C24H22N4OS/c1-15-5-7-20(12-17(15)3)26-23(29)19-6-4-16(2)21(13-19)27-24-28-22(14-30-24)18-8-10-25-11-9-18/h4-14H,1-3H3,(H,26,29)(H,27,28). The largest absolute Gasteiger partial charge is 0.331 e. The molecule has 6 heteroatoms. The SMILES string of the molecule is Cc1ccc(NC(=O)c2ccc(C)c(Nc3nc(-c4ccncc4)cs3)c2)cc1C. The number of carbonyl (C=O) groups excluding carboxylic acids is 1. The van der Waals surface area contributed by atoms with E-state index in [9.17, 15) is 4.79 Å². The third kappa shape index (κ3) is 4.39. The van der Waals surface area contributed by atoms with E-state index in [4.69, 9.17) is 0 Å².